The van der Waals surface area contributed by atoms with Crippen LogP contribution in [0.25, 0.3) is 10.2 Å². The fourth-order valence-corrected chi connectivity index (χ4v) is 6.92. The number of fused-ring (bicyclic) bond motifs is 2. The average molecular weight is 438 g/mol. The summed E-state index contributed by atoms with van der Waals surface area (Å²) in [6.45, 7) is 5.22. The van der Waals surface area contributed by atoms with Crippen molar-refractivity contribution in [2.45, 2.75) is 42.8 Å². The molecular formula is C23H23N3O2S2. The standard InChI is InChI=1S/C23H23N3O2S2/c1-13-3-6-18-16(11-13)17(27)12-23(30-18)7-9-26(10-8-23)22(28)19-15-5-4-14(2)25-21(15)29-20(19)24/h3-6,11H,7-10,12,24H2,1-2H3. The molecule has 7 heteroatoms. The van der Waals surface area contributed by atoms with Gasteiger partial charge in [-0.2, -0.15) is 0 Å². The van der Waals surface area contributed by atoms with E-state index in [1.807, 2.05) is 48.7 Å². The highest BCUT2D eigenvalue weighted by Gasteiger charge is 2.43. The number of hydrogen-bond acceptors (Lipinski definition) is 6. The van der Waals surface area contributed by atoms with Crippen LogP contribution in [0.3, 0.4) is 0 Å². The van der Waals surface area contributed by atoms with Crippen LogP contribution in [0.1, 0.15) is 51.2 Å². The van der Waals surface area contributed by atoms with Crippen LogP contribution in [-0.4, -0.2) is 39.4 Å². The minimum atomic E-state index is -0.114. The van der Waals surface area contributed by atoms with Gasteiger partial charge in [0.15, 0.2) is 5.78 Å². The fraction of sp³-hybridized carbons (Fsp3) is 0.348. The number of nitrogen functional groups attached to an aromatic ring is 1. The number of anilines is 1. The second kappa shape index (κ2) is 7.10. The number of benzene rings is 1. The number of carbonyl (C=O) groups excluding carboxylic acids is 2. The van der Waals surface area contributed by atoms with Gasteiger partial charge in [0.2, 0.25) is 0 Å². The first-order chi connectivity index (χ1) is 14.3. The number of ketones is 1. The monoisotopic (exact) mass is 437 g/mol. The lowest BCUT2D eigenvalue weighted by molar-refractivity contribution is 0.0699. The number of likely N-dealkylation sites (tertiary alicyclic amines) is 1. The van der Waals surface area contributed by atoms with Crippen molar-refractivity contribution in [2.75, 3.05) is 18.8 Å². The minimum Gasteiger partial charge on any atom is -0.390 e. The highest BCUT2D eigenvalue weighted by Crippen LogP contribution is 2.49. The van der Waals surface area contributed by atoms with E-state index in [0.717, 1.165) is 44.8 Å². The molecule has 1 aromatic carbocycles. The number of pyridine rings is 1. The Bertz CT molecular complexity index is 1190. The lowest BCUT2D eigenvalue weighted by Gasteiger charge is -2.43. The van der Waals surface area contributed by atoms with Crippen molar-refractivity contribution in [3.8, 4) is 0 Å². The third kappa shape index (κ3) is 3.20. The molecule has 154 valence electrons. The van der Waals surface area contributed by atoms with Crippen molar-refractivity contribution in [3.05, 3.63) is 52.7 Å². The van der Waals surface area contributed by atoms with Crippen LogP contribution in [0.4, 0.5) is 5.00 Å². The van der Waals surface area contributed by atoms with Crippen LogP contribution in [0, 0.1) is 13.8 Å². The van der Waals surface area contributed by atoms with Crippen LogP contribution in [0.15, 0.2) is 35.2 Å². The summed E-state index contributed by atoms with van der Waals surface area (Å²) in [5.74, 6) is 0.198. The molecule has 5 nitrogen and oxygen atoms in total. The second-order valence-electron chi connectivity index (χ2n) is 8.32. The molecule has 2 aliphatic heterocycles. The van der Waals surface area contributed by atoms with Gasteiger partial charge in [0.05, 0.1) is 5.56 Å². The molecule has 4 heterocycles. The normalized spacial score (nSPS) is 18.1. The Morgan fingerprint density at radius 2 is 1.93 bits per heavy atom. The maximum absolute atomic E-state index is 13.3. The van der Waals surface area contributed by atoms with Gasteiger partial charge in [0.25, 0.3) is 5.91 Å². The fourth-order valence-electron chi connectivity index (χ4n) is 4.47. The SMILES string of the molecule is Cc1ccc2c(c1)C(=O)CC1(CCN(C(=O)c3c(N)sc4nc(C)ccc34)CC1)S2. The maximum atomic E-state index is 13.3. The van der Waals surface area contributed by atoms with E-state index in [4.69, 9.17) is 5.73 Å². The minimum absolute atomic E-state index is 0.0255. The van der Waals surface area contributed by atoms with E-state index in [9.17, 15) is 9.59 Å². The predicted octanol–water partition coefficient (Wildman–Crippen LogP) is 4.85. The Kier molecular flexibility index (Phi) is 4.63. The van der Waals surface area contributed by atoms with Crippen molar-refractivity contribution >= 4 is 50.0 Å². The third-order valence-electron chi connectivity index (χ3n) is 6.14. The predicted molar refractivity (Wildman–Crippen MR) is 123 cm³/mol. The topological polar surface area (TPSA) is 76.3 Å². The van der Waals surface area contributed by atoms with Crippen molar-refractivity contribution in [3.63, 3.8) is 0 Å². The molecule has 3 aromatic rings. The summed E-state index contributed by atoms with van der Waals surface area (Å²) in [4.78, 5) is 34.4. The molecule has 0 aliphatic carbocycles. The summed E-state index contributed by atoms with van der Waals surface area (Å²) in [7, 11) is 0. The van der Waals surface area contributed by atoms with E-state index in [1.165, 1.54) is 11.3 Å². The molecule has 0 unspecified atom stereocenters. The Balaban J connectivity index is 1.37. The van der Waals surface area contributed by atoms with Gasteiger partial charge in [-0.15, -0.1) is 11.8 Å². The molecule has 5 rings (SSSR count). The van der Waals surface area contributed by atoms with E-state index in [1.54, 1.807) is 0 Å². The summed E-state index contributed by atoms with van der Waals surface area (Å²) in [6, 6.07) is 9.99. The van der Waals surface area contributed by atoms with Crippen LogP contribution < -0.4 is 5.73 Å². The van der Waals surface area contributed by atoms with E-state index < -0.39 is 0 Å². The largest absolute Gasteiger partial charge is 0.390 e. The Morgan fingerprint density at radius 1 is 1.17 bits per heavy atom. The number of amides is 1. The number of rotatable bonds is 1. The molecule has 1 amide bonds. The van der Waals surface area contributed by atoms with Crippen molar-refractivity contribution < 1.29 is 9.59 Å². The molecule has 30 heavy (non-hydrogen) atoms. The molecule has 0 radical (unpaired) electrons. The Morgan fingerprint density at radius 3 is 2.70 bits per heavy atom. The number of nitrogens with zero attached hydrogens (tertiary/aromatic N) is 2. The Hall–Kier alpha value is -2.38. The van der Waals surface area contributed by atoms with E-state index in [0.29, 0.717) is 30.1 Å². The van der Waals surface area contributed by atoms with Gasteiger partial charge in [-0.05, 0) is 51.0 Å². The first-order valence-corrected chi connectivity index (χ1v) is 11.8. The van der Waals surface area contributed by atoms with E-state index >= 15 is 0 Å². The number of piperidine rings is 1. The van der Waals surface area contributed by atoms with Crippen LogP contribution in [-0.2, 0) is 0 Å². The highest BCUT2D eigenvalue weighted by molar-refractivity contribution is 8.01. The smallest absolute Gasteiger partial charge is 0.257 e. The van der Waals surface area contributed by atoms with Gasteiger partial charge < -0.3 is 10.6 Å². The number of Topliss-reactive ketones (excluding diaryl/α,β-unsaturated/α-hetero) is 1. The summed E-state index contributed by atoms with van der Waals surface area (Å²) in [5, 5.41) is 1.36. The number of aryl methyl sites for hydroxylation is 2. The second-order valence-corrected chi connectivity index (χ2v) is 10.9. The van der Waals surface area contributed by atoms with Crippen LogP contribution >= 0.6 is 23.1 Å². The summed E-state index contributed by atoms with van der Waals surface area (Å²) in [6.07, 6.45) is 2.16. The van der Waals surface area contributed by atoms with Gasteiger partial charge in [0.1, 0.15) is 9.83 Å². The summed E-state index contributed by atoms with van der Waals surface area (Å²) < 4.78 is -0.114. The van der Waals surface area contributed by atoms with Gasteiger partial charge in [-0.1, -0.05) is 23.0 Å². The first-order valence-electron chi connectivity index (χ1n) is 10.1. The average Bonchev–Trinajstić information content (AvgIpc) is 3.03. The third-order valence-corrected chi connectivity index (χ3v) is 8.63. The van der Waals surface area contributed by atoms with E-state index in [-0.39, 0.29) is 16.4 Å². The van der Waals surface area contributed by atoms with Gasteiger partial charge >= 0.3 is 0 Å². The zero-order valence-electron chi connectivity index (χ0n) is 17.0. The van der Waals surface area contributed by atoms with E-state index in [2.05, 4.69) is 17.1 Å². The molecule has 2 aromatic heterocycles. The lowest BCUT2D eigenvalue weighted by atomic mass is 9.87. The quantitative estimate of drug-likeness (QED) is 0.589. The molecule has 0 saturated carbocycles. The Labute approximate surface area is 183 Å². The molecular weight excluding hydrogens is 414 g/mol. The van der Waals surface area contributed by atoms with Crippen molar-refractivity contribution in [1.82, 2.24) is 9.88 Å². The number of carbonyl (C=O) groups is 2. The van der Waals surface area contributed by atoms with Gasteiger partial charge in [-0.3, -0.25) is 9.59 Å². The number of hydrogen-bond donors (Lipinski definition) is 1. The first kappa shape index (κ1) is 19.6. The molecule has 2 N–H and O–H groups in total. The van der Waals surface area contributed by atoms with Crippen LogP contribution in [0.2, 0.25) is 0 Å². The van der Waals surface area contributed by atoms with Crippen LogP contribution in [0.5, 0.6) is 0 Å². The van der Waals surface area contributed by atoms with Gasteiger partial charge in [0, 0.05) is 45.8 Å². The zero-order chi connectivity index (χ0) is 21.0. The van der Waals surface area contributed by atoms with Crippen molar-refractivity contribution in [1.29, 1.82) is 0 Å². The summed E-state index contributed by atoms with van der Waals surface area (Å²) in [5.41, 5.74) is 9.67. The number of thiophene rings is 1. The molecule has 1 saturated heterocycles. The number of thioether (sulfide) groups is 1. The number of nitrogens with two attached hydrogens (primary N) is 1. The summed E-state index contributed by atoms with van der Waals surface area (Å²) >= 11 is 3.19. The molecule has 1 fully saturated rings. The maximum Gasteiger partial charge on any atom is 0.257 e. The zero-order valence-corrected chi connectivity index (χ0v) is 18.7. The molecule has 0 bridgehead atoms. The lowest BCUT2D eigenvalue weighted by Crippen LogP contribution is -2.47. The molecule has 1 spiro atoms. The van der Waals surface area contributed by atoms with Gasteiger partial charge in [-0.25, -0.2) is 4.98 Å². The molecule has 2 aliphatic rings. The van der Waals surface area contributed by atoms with Crippen molar-refractivity contribution in [2.24, 2.45) is 0 Å². The molecule has 0 atom stereocenters. The highest BCUT2D eigenvalue weighted by atomic mass is 32.2. The number of aromatic nitrogens is 1.